The van der Waals surface area contributed by atoms with Crippen LogP contribution in [0.3, 0.4) is 0 Å². The van der Waals surface area contributed by atoms with Crippen molar-refractivity contribution in [1.82, 2.24) is 19.7 Å². The van der Waals surface area contributed by atoms with E-state index in [2.05, 4.69) is 25.7 Å². The molecule has 0 aliphatic rings. The highest BCUT2D eigenvalue weighted by Gasteiger charge is 2.22. The fourth-order valence-corrected chi connectivity index (χ4v) is 4.08. The predicted octanol–water partition coefficient (Wildman–Crippen LogP) is 4.86. The lowest BCUT2D eigenvalue weighted by Gasteiger charge is -2.11. The molecule has 4 rings (SSSR count). The highest BCUT2D eigenvalue weighted by Crippen LogP contribution is 2.29. The molecule has 33 heavy (non-hydrogen) atoms. The molecule has 0 unspecified atom stereocenters. The molecule has 2 N–H and O–H groups in total. The van der Waals surface area contributed by atoms with Crippen molar-refractivity contribution in [2.75, 3.05) is 10.6 Å². The molecule has 0 saturated carbocycles. The molecular formula is C23H21FN6O2S. The van der Waals surface area contributed by atoms with Crippen LogP contribution in [-0.2, 0) is 4.79 Å². The van der Waals surface area contributed by atoms with Crippen LogP contribution in [-0.4, -0.2) is 31.6 Å². The van der Waals surface area contributed by atoms with Crippen molar-refractivity contribution in [3.8, 4) is 17.1 Å². The van der Waals surface area contributed by atoms with Gasteiger partial charge in [-0.25, -0.2) is 19.0 Å². The van der Waals surface area contributed by atoms with E-state index in [4.69, 9.17) is 0 Å². The predicted molar refractivity (Wildman–Crippen MR) is 125 cm³/mol. The summed E-state index contributed by atoms with van der Waals surface area (Å²) in [6.07, 6.45) is 3.17. The maximum absolute atomic E-state index is 14.5. The Morgan fingerprint density at radius 1 is 1.15 bits per heavy atom. The number of anilines is 2. The minimum atomic E-state index is -0.525. The number of aromatic nitrogens is 4. The van der Waals surface area contributed by atoms with Crippen molar-refractivity contribution in [3.05, 3.63) is 71.2 Å². The average Bonchev–Trinajstić information content (AvgIpc) is 3.41. The zero-order chi connectivity index (χ0) is 23.5. The van der Waals surface area contributed by atoms with Crippen LogP contribution in [0.15, 0.2) is 54.2 Å². The third-order valence-electron chi connectivity index (χ3n) is 4.75. The smallest absolute Gasteiger partial charge is 0.260 e. The number of benzene rings is 1. The van der Waals surface area contributed by atoms with Crippen LogP contribution in [0.1, 0.15) is 42.7 Å². The van der Waals surface area contributed by atoms with Crippen molar-refractivity contribution >= 4 is 34.0 Å². The Balaban J connectivity index is 1.56. The van der Waals surface area contributed by atoms with Gasteiger partial charge < -0.3 is 5.32 Å². The first-order valence-electron chi connectivity index (χ1n) is 10.2. The molecule has 4 aromatic rings. The van der Waals surface area contributed by atoms with Gasteiger partial charge in [0.15, 0.2) is 10.9 Å². The summed E-state index contributed by atoms with van der Waals surface area (Å²) in [5.74, 6) is -0.535. The van der Waals surface area contributed by atoms with Gasteiger partial charge >= 0.3 is 0 Å². The molecular weight excluding hydrogens is 443 g/mol. The fraction of sp³-hybridized carbons (Fsp3) is 0.174. The van der Waals surface area contributed by atoms with Gasteiger partial charge in [-0.15, -0.1) is 11.3 Å². The monoisotopic (exact) mass is 464 g/mol. The van der Waals surface area contributed by atoms with Crippen LogP contribution in [0.25, 0.3) is 17.1 Å². The van der Waals surface area contributed by atoms with Gasteiger partial charge in [-0.2, -0.15) is 5.10 Å². The fourth-order valence-electron chi connectivity index (χ4n) is 3.37. The third kappa shape index (κ3) is 4.80. The van der Waals surface area contributed by atoms with Crippen molar-refractivity contribution < 1.29 is 14.0 Å². The minimum absolute atomic E-state index is 0.0123. The summed E-state index contributed by atoms with van der Waals surface area (Å²) >= 11 is 1.19. The maximum atomic E-state index is 14.5. The third-order valence-corrected chi connectivity index (χ3v) is 5.51. The van der Waals surface area contributed by atoms with Gasteiger partial charge in [-0.3, -0.25) is 14.9 Å². The molecule has 0 aliphatic carbocycles. The summed E-state index contributed by atoms with van der Waals surface area (Å²) < 4.78 is 16.2. The van der Waals surface area contributed by atoms with Crippen LogP contribution in [0.2, 0.25) is 0 Å². The second-order valence-electron chi connectivity index (χ2n) is 7.57. The first-order valence-corrected chi connectivity index (χ1v) is 11.0. The minimum Gasteiger partial charge on any atom is -0.326 e. The molecule has 0 fully saturated rings. The van der Waals surface area contributed by atoms with Gasteiger partial charge in [0.1, 0.15) is 5.82 Å². The quantitative estimate of drug-likeness (QED) is 0.424. The largest absolute Gasteiger partial charge is 0.326 e. The molecule has 10 heteroatoms. The van der Waals surface area contributed by atoms with E-state index in [1.165, 1.54) is 36.6 Å². The number of carbonyl (C=O) groups is 2. The van der Waals surface area contributed by atoms with Crippen LogP contribution in [0, 0.1) is 5.82 Å². The van der Waals surface area contributed by atoms with E-state index in [0.29, 0.717) is 27.9 Å². The normalized spacial score (nSPS) is 10.9. The number of thiazole rings is 1. The lowest BCUT2D eigenvalue weighted by molar-refractivity contribution is -0.114. The number of hydrogen-bond acceptors (Lipinski definition) is 6. The average molecular weight is 465 g/mol. The van der Waals surface area contributed by atoms with E-state index in [1.54, 1.807) is 22.3 Å². The van der Waals surface area contributed by atoms with Gasteiger partial charge in [0, 0.05) is 29.8 Å². The Morgan fingerprint density at radius 2 is 1.97 bits per heavy atom. The summed E-state index contributed by atoms with van der Waals surface area (Å²) in [6.45, 7) is 5.30. The van der Waals surface area contributed by atoms with E-state index in [9.17, 15) is 14.0 Å². The molecule has 0 saturated heterocycles. The van der Waals surface area contributed by atoms with E-state index < -0.39 is 5.82 Å². The molecule has 0 aliphatic heterocycles. The summed E-state index contributed by atoms with van der Waals surface area (Å²) in [5.41, 5.74) is 2.15. The zero-order valence-corrected chi connectivity index (χ0v) is 19.0. The van der Waals surface area contributed by atoms with Crippen LogP contribution >= 0.6 is 11.3 Å². The second-order valence-corrected chi connectivity index (χ2v) is 8.42. The van der Waals surface area contributed by atoms with Gasteiger partial charge in [0.05, 0.1) is 23.1 Å². The van der Waals surface area contributed by atoms with Crippen LogP contribution in [0.4, 0.5) is 15.2 Å². The highest BCUT2D eigenvalue weighted by molar-refractivity contribution is 7.14. The summed E-state index contributed by atoms with van der Waals surface area (Å²) in [7, 11) is 0. The Hall–Kier alpha value is -3.92. The number of halogens is 1. The van der Waals surface area contributed by atoms with E-state index in [-0.39, 0.29) is 23.3 Å². The number of hydrogen-bond donors (Lipinski definition) is 2. The molecule has 0 atom stereocenters. The van der Waals surface area contributed by atoms with Gasteiger partial charge in [0.25, 0.3) is 5.91 Å². The molecule has 8 nitrogen and oxygen atoms in total. The molecule has 0 radical (unpaired) electrons. The molecule has 168 valence electrons. The molecule has 3 heterocycles. The SMILES string of the molecule is CC(=O)Nc1ccc(-c2csc(NC(=O)c3cnn(-c4ccccn4)c3C(C)C)n2)c(F)c1. The number of nitrogens with one attached hydrogen (secondary N) is 2. The molecule has 0 bridgehead atoms. The molecule has 3 aromatic heterocycles. The summed E-state index contributed by atoms with van der Waals surface area (Å²) in [5, 5.41) is 11.7. The van der Waals surface area contributed by atoms with Crippen LogP contribution in [0.5, 0.6) is 0 Å². The van der Waals surface area contributed by atoms with Crippen molar-refractivity contribution in [3.63, 3.8) is 0 Å². The number of carbonyl (C=O) groups excluding carboxylic acids is 2. The number of rotatable bonds is 6. The zero-order valence-electron chi connectivity index (χ0n) is 18.2. The van der Waals surface area contributed by atoms with Crippen LogP contribution < -0.4 is 10.6 Å². The Labute approximate surface area is 193 Å². The molecule has 0 spiro atoms. The Kier molecular flexibility index (Phi) is 6.27. The number of amides is 2. The first-order chi connectivity index (χ1) is 15.8. The van der Waals surface area contributed by atoms with Crippen molar-refractivity contribution in [1.29, 1.82) is 0 Å². The Morgan fingerprint density at radius 3 is 2.64 bits per heavy atom. The lowest BCUT2D eigenvalue weighted by atomic mass is 10.1. The lowest BCUT2D eigenvalue weighted by Crippen LogP contribution is -2.15. The van der Waals surface area contributed by atoms with Gasteiger partial charge in [0.2, 0.25) is 5.91 Å². The summed E-state index contributed by atoms with van der Waals surface area (Å²) in [4.78, 5) is 32.8. The molecule has 2 amide bonds. The van der Waals surface area contributed by atoms with Crippen molar-refractivity contribution in [2.24, 2.45) is 0 Å². The number of pyridine rings is 1. The topological polar surface area (TPSA) is 102 Å². The van der Waals surface area contributed by atoms with Gasteiger partial charge in [-0.1, -0.05) is 19.9 Å². The number of nitrogens with zero attached hydrogens (tertiary/aromatic N) is 4. The standard InChI is InChI=1S/C23H21FN6O2S/c1-13(2)21-17(11-26-30(21)20-6-4-5-9-25-20)22(32)29-23-28-19(12-33-23)16-8-7-15(10-18(16)24)27-14(3)31/h4-13H,1-3H3,(H,27,31)(H,28,29,32). The summed E-state index contributed by atoms with van der Waals surface area (Å²) in [6, 6.07) is 9.85. The van der Waals surface area contributed by atoms with E-state index in [1.807, 2.05) is 32.0 Å². The molecule has 1 aromatic carbocycles. The first kappa shape index (κ1) is 22.3. The highest BCUT2D eigenvalue weighted by atomic mass is 32.1. The van der Waals surface area contributed by atoms with Crippen molar-refractivity contribution in [2.45, 2.75) is 26.7 Å². The van der Waals surface area contributed by atoms with E-state index >= 15 is 0 Å². The second kappa shape index (κ2) is 9.29. The van der Waals surface area contributed by atoms with Gasteiger partial charge in [-0.05, 0) is 36.2 Å². The Bertz CT molecular complexity index is 1320. The van der Waals surface area contributed by atoms with E-state index in [0.717, 1.165) is 5.69 Å². The maximum Gasteiger partial charge on any atom is 0.260 e.